The van der Waals surface area contributed by atoms with Crippen LogP contribution in [0.3, 0.4) is 0 Å². The first-order valence-corrected chi connectivity index (χ1v) is 7.60. The maximum Gasteiger partial charge on any atom is 0.129 e. The molecule has 3 atom stereocenters. The zero-order valence-corrected chi connectivity index (χ0v) is 12.2. The molecule has 1 aromatic carbocycles. The first-order chi connectivity index (χ1) is 9.10. The van der Waals surface area contributed by atoms with Gasteiger partial charge in [-0.3, -0.25) is 0 Å². The Bertz CT molecular complexity index is 449. The molecule has 104 valence electrons. The van der Waals surface area contributed by atoms with Crippen LogP contribution >= 0.6 is 0 Å². The molecule has 0 saturated heterocycles. The first kappa shape index (κ1) is 13.1. The lowest BCUT2D eigenvalue weighted by atomic mass is 9.87. The fraction of sp³-hybridized carbons (Fsp3) is 0.647. The summed E-state index contributed by atoms with van der Waals surface area (Å²) in [5.74, 6) is 2.68. The third-order valence-corrected chi connectivity index (χ3v) is 4.99. The molecule has 0 radical (unpaired) electrons. The van der Waals surface area contributed by atoms with E-state index in [0.29, 0.717) is 6.04 Å². The normalized spacial score (nSPS) is 30.2. The molecule has 2 aliphatic carbocycles. The van der Waals surface area contributed by atoms with Crippen molar-refractivity contribution in [3.05, 3.63) is 34.6 Å². The summed E-state index contributed by atoms with van der Waals surface area (Å²) in [4.78, 5) is 0. The van der Waals surface area contributed by atoms with E-state index in [4.69, 9.17) is 0 Å². The van der Waals surface area contributed by atoms with Crippen molar-refractivity contribution < 1.29 is 4.39 Å². The lowest BCUT2D eigenvalue weighted by molar-refractivity contribution is 0.346. The molecule has 2 fully saturated rings. The molecule has 2 heteroatoms. The second-order valence-corrected chi connectivity index (χ2v) is 6.49. The standard InChI is InChI=1S/C17H24FN/c1-4-19-17(15-8-12-7-13(12)9-15)14-5-10(2)16(18)11(3)6-14/h5-6,12-13,15,17,19H,4,7-9H2,1-3H3. The van der Waals surface area contributed by atoms with E-state index in [1.54, 1.807) is 0 Å². The minimum Gasteiger partial charge on any atom is -0.310 e. The van der Waals surface area contributed by atoms with Crippen LogP contribution in [0.1, 0.15) is 48.9 Å². The zero-order chi connectivity index (χ0) is 13.6. The van der Waals surface area contributed by atoms with Crippen LogP contribution in [0.5, 0.6) is 0 Å². The Morgan fingerprint density at radius 3 is 2.26 bits per heavy atom. The van der Waals surface area contributed by atoms with Gasteiger partial charge in [0.2, 0.25) is 0 Å². The van der Waals surface area contributed by atoms with E-state index in [0.717, 1.165) is 35.4 Å². The average molecular weight is 261 g/mol. The van der Waals surface area contributed by atoms with Crippen molar-refractivity contribution in [2.75, 3.05) is 6.54 Å². The van der Waals surface area contributed by atoms with Crippen molar-refractivity contribution in [2.45, 2.75) is 46.1 Å². The number of fused-ring (bicyclic) bond motifs is 1. The fourth-order valence-electron chi connectivity index (χ4n) is 3.97. The monoisotopic (exact) mass is 261 g/mol. The molecule has 0 spiro atoms. The van der Waals surface area contributed by atoms with Crippen LogP contribution in [0.2, 0.25) is 0 Å². The Kier molecular flexibility index (Phi) is 3.38. The van der Waals surface area contributed by atoms with Gasteiger partial charge in [0, 0.05) is 6.04 Å². The lowest BCUT2D eigenvalue weighted by Crippen LogP contribution is -2.28. The van der Waals surface area contributed by atoms with Crippen molar-refractivity contribution >= 4 is 0 Å². The summed E-state index contributed by atoms with van der Waals surface area (Å²) < 4.78 is 13.8. The van der Waals surface area contributed by atoms with E-state index in [1.807, 2.05) is 26.0 Å². The van der Waals surface area contributed by atoms with Gasteiger partial charge in [0.25, 0.3) is 0 Å². The van der Waals surface area contributed by atoms with Crippen molar-refractivity contribution in [1.82, 2.24) is 5.32 Å². The lowest BCUT2D eigenvalue weighted by Gasteiger charge is -2.27. The molecule has 0 amide bonds. The Morgan fingerprint density at radius 1 is 1.16 bits per heavy atom. The van der Waals surface area contributed by atoms with Crippen molar-refractivity contribution in [2.24, 2.45) is 17.8 Å². The van der Waals surface area contributed by atoms with Gasteiger partial charge < -0.3 is 5.32 Å². The van der Waals surface area contributed by atoms with Gasteiger partial charge in [0.05, 0.1) is 0 Å². The summed E-state index contributed by atoms with van der Waals surface area (Å²) in [6.07, 6.45) is 4.17. The second kappa shape index (κ2) is 4.90. The molecule has 3 unspecified atom stereocenters. The molecule has 1 N–H and O–H groups in total. The van der Waals surface area contributed by atoms with Gasteiger partial charge in [-0.25, -0.2) is 4.39 Å². The number of aryl methyl sites for hydroxylation is 2. The van der Waals surface area contributed by atoms with Crippen LogP contribution in [-0.2, 0) is 0 Å². The van der Waals surface area contributed by atoms with Gasteiger partial charge in [-0.2, -0.15) is 0 Å². The number of hydrogen-bond donors (Lipinski definition) is 1. The molecule has 1 nitrogen and oxygen atoms in total. The van der Waals surface area contributed by atoms with Crippen LogP contribution in [0.4, 0.5) is 4.39 Å². The van der Waals surface area contributed by atoms with E-state index < -0.39 is 0 Å². The predicted molar refractivity (Wildman–Crippen MR) is 76.6 cm³/mol. The topological polar surface area (TPSA) is 12.0 Å². The van der Waals surface area contributed by atoms with Crippen molar-refractivity contribution in [3.63, 3.8) is 0 Å². The molecular weight excluding hydrogens is 237 g/mol. The van der Waals surface area contributed by atoms with Crippen LogP contribution in [-0.4, -0.2) is 6.54 Å². The largest absolute Gasteiger partial charge is 0.310 e. The molecule has 2 aliphatic rings. The predicted octanol–water partition coefficient (Wildman–Crippen LogP) is 4.14. The van der Waals surface area contributed by atoms with Gasteiger partial charge in [-0.15, -0.1) is 0 Å². The SMILES string of the molecule is CCNC(c1cc(C)c(F)c(C)c1)C1CC2CC2C1. The molecule has 0 bridgehead atoms. The summed E-state index contributed by atoms with van der Waals surface area (Å²) >= 11 is 0. The van der Waals surface area contributed by atoms with E-state index in [2.05, 4.69) is 12.2 Å². The second-order valence-electron chi connectivity index (χ2n) is 6.49. The molecule has 0 heterocycles. The van der Waals surface area contributed by atoms with E-state index in [9.17, 15) is 4.39 Å². The van der Waals surface area contributed by atoms with Gasteiger partial charge in [-0.1, -0.05) is 19.1 Å². The number of nitrogens with one attached hydrogen (secondary N) is 1. The highest BCUT2D eigenvalue weighted by atomic mass is 19.1. The Morgan fingerprint density at radius 2 is 1.74 bits per heavy atom. The van der Waals surface area contributed by atoms with Crippen LogP contribution < -0.4 is 5.32 Å². The van der Waals surface area contributed by atoms with Gasteiger partial charge in [0.1, 0.15) is 5.82 Å². The third kappa shape index (κ3) is 2.43. The fourth-order valence-corrected chi connectivity index (χ4v) is 3.97. The maximum atomic E-state index is 13.8. The van der Waals surface area contributed by atoms with Crippen molar-refractivity contribution in [1.29, 1.82) is 0 Å². The highest BCUT2D eigenvalue weighted by molar-refractivity contribution is 5.33. The van der Waals surface area contributed by atoms with Crippen LogP contribution in [0.25, 0.3) is 0 Å². The van der Waals surface area contributed by atoms with Gasteiger partial charge in [0.15, 0.2) is 0 Å². The third-order valence-electron chi connectivity index (χ3n) is 4.99. The Hall–Kier alpha value is -0.890. The molecule has 1 aromatic rings. The average Bonchev–Trinajstić information content (AvgIpc) is 2.99. The molecule has 0 aliphatic heterocycles. The Balaban J connectivity index is 1.86. The van der Waals surface area contributed by atoms with E-state index >= 15 is 0 Å². The zero-order valence-electron chi connectivity index (χ0n) is 12.2. The molecule has 2 saturated carbocycles. The van der Waals surface area contributed by atoms with Gasteiger partial charge >= 0.3 is 0 Å². The quantitative estimate of drug-likeness (QED) is 0.859. The van der Waals surface area contributed by atoms with E-state index in [-0.39, 0.29) is 5.82 Å². The summed E-state index contributed by atoms with van der Waals surface area (Å²) in [6, 6.07) is 4.50. The minimum absolute atomic E-state index is 0.0479. The van der Waals surface area contributed by atoms with Crippen LogP contribution in [0.15, 0.2) is 12.1 Å². The van der Waals surface area contributed by atoms with Crippen molar-refractivity contribution in [3.8, 4) is 0 Å². The highest BCUT2D eigenvalue weighted by Gasteiger charge is 2.47. The molecular formula is C17H24FN. The summed E-state index contributed by atoms with van der Waals surface area (Å²) in [5.41, 5.74) is 2.84. The Labute approximate surface area is 115 Å². The molecule has 0 aromatic heterocycles. The first-order valence-electron chi connectivity index (χ1n) is 7.60. The van der Waals surface area contributed by atoms with E-state index in [1.165, 1.54) is 24.8 Å². The number of hydrogen-bond acceptors (Lipinski definition) is 1. The van der Waals surface area contributed by atoms with Crippen LogP contribution in [0, 0.1) is 37.4 Å². The summed E-state index contributed by atoms with van der Waals surface area (Å²) in [5, 5.41) is 3.63. The smallest absolute Gasteiger partial charge is 0.129 e. The molecule has 3 rings (SSSR count). The summed E-state index contributed by atoms with van der Waals surface area (Å²) in [6.45, 7) is 6.89. The molecule has 19 heavy (non-hydrogen) atoms. The number of benzene rings is 1. The highest BCUT2D eigenvalue weighted by Crippen LogP contribution is 2.57. The number of halogens is 1. The maximum absolute atomic E-state index is 13.8. The minimum atomic E-state index is -0.0479. The summed E-state index contributed by atoms with van der Waals surface area (Å²) in [7, 11) is 0. The van der Waals surface area contributed by atoms with Gasteiger partial charge in [-0.05, 0) is 74.1 Å². The number of rotatable bonds is 4.